The van der Waals surface area contributed by atoms with Gasteiger partial charge in [0.2, 0.25) is 0 Å². The number of carbonyl (C=O) groups is 1. The number of nitrogens with two attached hydrogens (primary N) is 1. The van der Waals surface area contributed by atoms with Crippen LogP contribution >= 0.6 is 0 Å². The minimum atomic E-state index is -0.192. The average Bonchev–Trinajstić information content (AvgIpc) is 2.91. The minimum Gasteiger partial charge on any atom is -0.449 e. The lowest BCUT2D eigenvalue weighted by molar-refractivity contribution is 0.0697. The van der Waals surface area contributed by atoms with Crippen LogP contribution in [0.15, 0.2) is 0 Å². The summed E-state index contributed by atoms with van der Waals surface area (Å²) >= 11 is 0. The lowest BCUT2D eigenvalue weighted by atomic mass is 10.2. The zero-order chi connectivity index (χ0) is 9.26. The van der Waals surface area contributed by atoms with Gasteiger partial charge in [-0.05, 0) is 25.2 Å². The Balaban J connectivity index is 1.81. The van der Waals surface area contributed by atoms with Crippen LogP contribution in [-0.2, 0) is 4.74 Å². The third kappa shape index (κ3) is 2.12. The Bertz CT molecular complexity index is 204. The monoisotopic (exact) mass is 184 g/mol. The summed E-state index contributed by atoms with van der Waals surface area (Å²) in [6.07, 6.45) is 3.19. The molecule has 1 saturated heterocycles. The van der Waals surface area contributed by atoms with Gasteiger partial charge in [-0.25, -0.2) is 4.79 Å². The van der Waals surface area contributed by atoms with Crippen molar-refractivity contribution >= 4 is 6.09 Å². The molecule has 0 bridgehead atoms. The van der Waals surface area contributed by atoms with Crippen LogP contribution in [0.5, 0.6) is 0 Å². The average molecular weight is 184 g/mol. The molecule has 1 saturated carbocycles. The summed E-state index contributed by atoms with van der Waals surface area (Å²) in [5.41, 5.74) is 5.92. The summed E-state index contributed by atoms with van der Waals surface area (Å²) in [7, 11) is 0. The highest BCUT2D eigenvalue weighted by Crippen LogP contribution is 2.32. The van der Waals surface area contributed by atoms with Crippen LogP contribution in [0.2, 0.25) is 0 Å². The lowest BCUT2D eigenvalue weighted by Crippen LogP contribution is -2.45. The Morgan fingerprint density at radius 2 is 2.38 bits per heavy atom. The van der Waals surface area contributed by atoms with Crippen molar-refractivity contribution in [3.63, 3.8) is 0 Å². The molecule has 0 aromatic carbocycles. The van der Waals surface area contributed by atoms with Gasteiger partial charge < -0.3 is 15.4 Å². The fourth-order valence-electron chi connectivity index (χ4n) is 1.69. The van der Waals surface area contributed by atoms with E-state index in [0.717, 1.165) is 13.0 Å². The van der Waals surface area contributed by atoms with Gasteiger partial charge in [0.05, 0.1) is 6.61 Å². The van der Waals surface area contributed by atoms with Gasteiger partial charge >= 0.3 is 6.09 Å². The van der Waals surface area contributed by atoms with Crippen molar-refractivity contribution in [2.75, 3.05) is 19.7 Å². The summed E-state index contributed by atoms with van der Waals surface area (Å²) in [4.78, 5) is 12.9. The molecule has 1 atom stereocenters. The van der Waals surface area contributed by atoms with E-state index < -0.39 is 0 Å². The Morgan fingerprint density at radius 3 is 3.00 bits per heavy atom. The maximum Gasteiger partial charge on any atom is 0.409 e. The number of carbonyl (C=O) groups excluding carboxylic acids is 1. The van der Waals surface area contributed by atoms with Gasteiger partial charge in [0, 0.05) is 19.1 Å². The van der Waals surface area contributed by atoms with Crippen molar-refractivity contribution in [2.45, 2.75) is 25.3 Å². The van der Waals surface area contributed by atoms with Crippen LogP contribution in [0.3, 0.4) is 0 Å². The van der Waals surface area contributed by atoms with E-state index in [1.54, 1.807) is 4.90 Å². The normalized spacial score (nSPS) is 25.6. The number of hydrogen-bond donors (Lipinski definition) is 1. The van der Waals surface area contributed by atoms with Gasteiger partial charge in [0.1, 0.15) is 0 Å². The molecule has 2 fully saturated rings. The first-order valence-corrected chi connectivity index (χ1v) is 4.94. The highest BCUT2D eigenvalue weighted by atomic mass is 16.6. The Labute approximate surface area is 78.0 Å². The standard InChI is InChI=1S/C9H16N2O2/c10-8(7-2-3-7)6-11-4-1-5-13-9(11)12/h7-8H,1-6,10H2. The van der Waals surface area contributed by atoms with Crippen LogP contribution in [0, 0.1) is 5.92 Å². The molecule has 2 aliphatic rings. The van der Waals surface area contributed by atoms with E-state index in [9.17, 15) is 4.79 Å². The molecule has 0 aromatic heterocycles. The maximum absolute atomic E-state index is 11.2. The third-order valence-electron chi connectivity index (χ3n) is 2.71. The van der Waals surface area contributed by atoms with Crippen molar-refractivity contribution in [2.24, 2.45) is 11.7 Å². The molecule has 2 N–H and O–H groups in total. The second-order valence-electron chi connectivity index (χ2n) is 3.92. The number of hydrogen-bond acceptors (Lipinski definition) is 3. The van der Waals surface area contributed by atoms with E-state index in [1.807, 2.05) is 0 Å². The zero-order valence-corrected chi connectivity index (χ0v) is 7.74. The van der Waals surface area contributed by atoms with Crippen LogP contribution < -0.4 is 5.73 Å². The van der Waals surface area contributed by atoms with Crippen molar-refractivity contribution in [3.05, 3.63) is 0 Å². The van der Waals surface area contributed by atoms with E-state index in [2.05, 4.69) is 0 Å². The highest BCUT2D eigenvalue weighted by molar-refractivity contribution is 5.68. The summed E-state index contributed by atoms with van der Waals surface area (Å²) < 4.78 is 4.92. The van der Waals surface area contributed by atoms with Gasteiger partial charge in [-0.1, -0.05) is 0 Å². The topological polar surface area (TPSA) is 55.6 Å². The van der Waals surface area contributed by atoms with E-state index in [4.69, 9.17) is 10.5 Å². The summed E-state index contributed by atoms with van der Waals surface area (Å²) in [5.74, 6) is 0.648. The van der Waals surface area contributed by atoms with Crippen molar-refractivity contribution in [1.82, 2.24) is 4.90 Å². The fourth-order valence-corrected chi connectivity index (χ4v) is 1.69. The third-order valence-corrected chi connectivity index (χ3v) is 2.71. The van der Waals surface area contributed by atoms with Gasteiger partial charge in [0.15, 0.2) is 0 Å². The SMILES string of the molecule is NC(CN1CCCOC1=O)C1CC1. The van der Waals surface area contributed by atoms with Crippen LogP contribution in [0.1, 0.15) is 19.3 Å². The number of rotatable bonds is 3. The van der Waals surface area contributed by atoms with E-state index in [1.165, 1.54) is 12.8 Å². The lowest BCUT2D eigenvalue weighted by Gasteiger charge is -2.28. The molecule has 0 radical (unpaired) electrons. The van der Waals surface area contributed by atoms with Gasteiger partial charge in [-0.15, -0.1) is 0 Å². The predicted molar refractivity (Wildman–Crippen MR) is 48.2 cm³/mol. The first kappa shape index (κ1) is 8.81. The quantitative estimate of drug-likeness (QED) is 0.697. The molecular weight excluding hydrogens is 168 g/mol. The molecule has 0 aromatic rings. The molecule has 1 aliphatic carbocycles. The van der Waals surface area contributed by atoms with E-state index >= 15 is 0 Å². The van der Waals surface area contributed by atoms with Crippen molar-refractivity contribution < 1.29 is 9.53 Å². The van der Waals surface area contributed by atoms with Crippen LogP contribution in [0.4, 0.5) is 4.79 Å². The largest absolute Gasteiger partial charge is 0.449 e. The fraction of sp³-hybridized carbons (Fsp3) is 0.889. The zero-order valence-electron chi connectivity index (χ0n) is 7.74. The molecular formula is C9H16N2O2. The maximum atomic E-state index is 11.2. The van der Waals surface area contributed by atoms with Crippen molar-refractivity contribution in [3.8, 4) is 0 Å². The highest BCUT2D eigenvalue weighted by Gasteiger charge is 2.31. The predicted octanol–water partition coefficient (Wildman–Crippen LogP) is 0.566. The smallest absolute Gasteiger partial charge is 0.409 e. The van der Waals surface area contributed by atoms with Crippen molar-refractivity contribution in [1.29, 1.82) is 0 Å². The number of cyclic esters (lactones) is 1. The molecule has 4 nitrogen and oxygen atoms in total. The molecule has 1 aliphatic heterocycles. The molecule has 1 heterocycles. The molecule has 0 spiro atoms. The number of nitrogens with zero attached hydrogens (tertiary/aromatic N) is 1. The van der Waals surface area contributed by atoms with Gasteiger partial charge in [-0.2, -0.15) is 0 Å². The second kappa shape index (κ2) is 3.54. The van der Waals surface area contributed by atoms with E-state index in [-0.39, 0.29) is 12.1 Å². The molecule has 4 heteroatoms. The number of amides is 1. The van der Waals surface area contributed by atoms with Crippen LogP contribution in [-0.4, -0.2) is 36.7 Å². The molecule has 13 heavy (non-hydrogen) atoms. The molecule has 74 valence electrons. The summed E-state index contributed by atoms with van der Waals surface area (Å²) in [5, 5.41) is 0. The van der Waals surface area contributed by atoms with E-state index in [0.29, 0.717) is 19.1 Å². The number of ether oxygens (including phenoxy) is 1. The second-order valence-corrected chi connectivity index (χ2v) is 3.92. The summed E-state index contributed by atoms with van der Waals surface area (Å²) in [6, 6.07) is 0.158. The summed E-state index contributed by atoms with van der Waals surface area (Å²) in [6.45, 7) is 2.04. The van der Waals surface area contributed by atoms with Gasteiger partial charge in [-0.3, -0.25) is 0 Å². The first-order chi connectivity index (χ1) is 6.27. The molecule has 1 unspecified atom stereocenters. The first-order valence-electron chi connectivity index (χ1n) is 4.94. The minimum absolute atomic E-state index is 0.158. The molecule has 2 rings (SSSR count). The Kier molecular flexibility index (Phi) is 2.40. The molecule has 1 amide bonds. The Hall–Kier alpha value is -0.770. The Morgan fingerprint density at radius 1 is 1.62 bits per heavy atom. The van der Waals surface area contributed by atoms with Gasteiger partial charge in [0.25, 0.3) is 0 Å². The van der Waals surface area contributed by atoms with Crippen LogP contribution in [0.25, 0.3) is 0 Å².